The maximum absolute atomic E-state index is 10.6. The molecule has 24 heavy (non-hydrogen) atoms. The van der Waals surface area contributed by atoms with Crippen LogP contribution in [-0.4, -0.2) is 60.9 Å². The number of aliphatic hydroxyl groups is 2. The summed E-state index contributed by atoms with van der Waals surface area (Å²) in [7, 11) is 3.79. The van der Waals surface area contributed by atoms with Crippen molar-refractivity contribution in [2.75, 3.05) is 27.5 Å². The molecule has 6 nitrogen and oxygen atoms in total. The molecule has 1 aliphatic carbocycles. The molecule has 2 N–H and O–H groups in total. The Hall–Kier alpha value is -1.34. The number of likely N-dealkylation sites (N-methyl/N-ethyl adjacent to an activating group) is 1. The van der Waals surface area contributed by atoms with Crippen LogP contribution in [0.4, 0.5) is 0 Å². The van der Waals surface area contributed by atoms with Gasteiger partial charge in [-0.2, -0.15) is 0 Å². The lowest BCUT2D eigenvalue weighted by Gasteiger charge is -2.45. The Labute approximate surface area is 141 Å². The maximum atomic E-state index is 10.6. The number of methoxy groups -OCH3 is 1. The van der Waals surface area contributed by atoms with Gasteiger partial charge >= 0.3 is 0 Å². The Kier molecular flexibility index (Phi) is 4.16. The summed E-state index contributed by atoms with van der Waals surface area (Å²) in [4.78, 5) is 2.36. The molecule has 3 aliphatic rings. The normalized spacial score (nSPS) is 35.2. The molecule has 4 rings (SSSR count). The lowest BCUT2D eigenvalue weighted by atomic mass is 9.70. The van der Waals surface area contributed by atoms with Gasteiger partial charge < -0.3 is 29.3 Å². The van der Waals surface area contributed by atoms with Gasteiger partial charge in [0.2, 0.25) is 6.79 Å². The van der Waals surface area contributed by atoms with E-state index in [4.69, 9.17) is 14.2 Å². The molecule has 6 heteroatoms. The number of aliphatic hydroxyl groups excluding tert-OH is 2. The predicted molar refractivity (Wildman–Crippen MR) is 87.2 cm³/mol. The second-order valence-electron chi connectivity index (χ2n) is 7.11. The summed E-state index contributed by atoms with van der Waals surface area (Å²) in [5.74, 6) is 1.81. The summed E-state index contributed by atoms with van der Waals surface area (Å²) in [5, 5.41) is 20.5. The molecule has 1 saturated heterocycles. The van der Waals surface area contributed by atoms with Gasteiger partial charge in [0.05, 0.1) is 18.8 Å². The maximum Gasteiger partial charge on any atom is 0.231 e. The smallest absolute Gasteiger partial charge is 0.231 e. The van der Waals surface area contributed by atoms with Crippen LogP contribution < -0.4 is 9.47 Å². The molecule has 2 heterocycles. The summed E-state index contributed by atoms with van der Waals surface area (Å²) >= 11 is 0. The SMILES string of the molecule is COC1C(O)CC2CCN(C)C2C1c1cc2c(cc1CO)OCO2. The quantitative estimate of drug-likeness (QED) is 0.862. The van der Waals surface area contributed by atoms with Crippen LogP contribution in [-0.2, 0) is 11.3 Å². The lowest BCUT2D eigenvalue weighted by molar-refractivity contribution is -0.0789. The largest absolute Gasteiger partial charge is 0.454 e. The van der Waals surface area contributed by atoms with Crippen LogP contribution in [0.3, 0.4) is 0 Å². The number of rotatable bonds is 3. The molecular weight excluding hydrogens is 310 g/mol. The molecule has 132 valence electrons. The fraction of sp³-hybridized carbons (Fsp3) is 0.667. The number of benzene rings is 1. The second-order valence-corrected chi connectivity index (χ2v) is 7.11. The minimum Gasteiger partial charge on any atom is -0.454 e. The minimum absolute atomic E-state index is 0.00657. The monoisotopic (exact) mass is 335 g/mol. The highest BCUT2D eigenvalue weighted by Gasteiger charge is 2.50. The van der Waals surface area contributed by atoms with Gasteiger partial charge in [-0.15, -0.1) is 0 Å². The van der Waals surface area contributed by atoms with Crippen LogP contribution in [0.5, 0.6) is 11.5 Å². The molecular formula is C18H25NO5. The van der Waals surface area contributed by atoms with Crippen LogP contribution >= 0.6 is 0 Å². The highest BCUT2D eigenvalue weighted by Crippen LogP contribution is 2.48. The number of fused-ring (bicyclic) bond motifs is 2. The van der Waals surface area contributed by atoms with Crippen molar-refractivity contribution in [1.29, 1.82) is 0 Å². The van der Waals surface area contributed by atoms with E-state index in [0.717, 1.165) is 30.5 Å². The van der Waals surface area contributed by atoms with Crippen molar-refractivity contribution >= 4 is 0 Å². The molecule has 5 atom stereocenters. The van der Waals surface area contributed by atoms with Crippen molar-refractivity contribution in [2.24, 2.45) is 5.92 Å². The van der Waals surface area contributed by atoms with Gasteiger partial charge in [-0.05, 0) is 55.6 Å². The molecule has 0 aromatic heterocycles. The second kappa shape index (κ2) is 6.19. The van der Waals surface area contributed by atoms with Gasteiger partial charge in [0.15, 0.2) is 11.5 Å². The number of hydrogen-bond donors (Lipinski definition) is 2. The standard InChI is InChI=1S/C18H25NO5/c1-19-4-3-10-5-13(21)18(22-2)16(17(10)19)12-7-15-14(23-9-24-15)6-11(12)8-20/h6-7,10,13,16-18,20-21H,3-5,8-9H2,1-2H3. The zero-order chi connectivity index (χ0) is 16.8. The average Bonchev–Trinajstić information content (AvgIpc) is 3.18. The third-order valence-corrected chi connectivity index (χ3v) is 5.93. The van der Waals surface area contributed by atoms with Crippen molar-refractivity contribution in [2.45, 2.75) is 43.6 Å². The van der Waals surface area contributed by atoms with E-state index >= 15 is 0 Å². The van der Waals surface area contributed by atoms with Crippen LogP contribution in [0.15, 0.2) is 12.1 Å². The Morgan fingerprint density at radius 3 is 2.75 bits per heavy atom. The van der Waals surface area contributed by atoms with Crippen molar-refractivity contribution in [3.05, 3.63) is 23.3 Å². The van der Waals surface area contributed by atoms with E-state index < -0.39 is 6.10 Å². The van der Waals surface area contributed by atoms with Crippen LogP contribution in [0.25, 0.3) is 0 Å². The fourth-order valence-corrected chi connectivity index (χ4v) is 4.86. The van der Waals surface area contributed by atoms with Gasteiger partial charge in [-0.3, -0.25) is 0 Å². The number of ether oxygens (including phenoxy) is 3. The van der Waals surface area contributed by atoms with Crippen molar-refractivity contribution in [1.82, 2.24) is 4.90 Å². The first kappa shape index (κ1) is 16.1. The summed E-state index contributed by atoms with van der Waals surface area (Å²) in [6, 6.07) is 4.12. The van der Waals surface area contributed by atoms with E-state index in [1.165, 1.54) is 0 Å². The molecule has 1 aromatic rings. The predicted octanol–water partition coefficient (Wildman–Crippen LogP) is 1.09. The van der Waals surface area contributed by atoms with Crippen LogP contribution in [0, 0.1) is 5.92 Å². The van der Waals surface area contributed by atoms with E-state index in [1.807, 2.05) is 12.1 Å². The molecule has 2 fully saturated rings. The molecule has 0 amide bonds. The molecule has 0 spiro atoms. The molecule has 5 unspecified atom stereocenters. The van der Waals surface area contributed by atoms with Gasteiger partial charge in [-0.25, -0.2) is 0 Å². The summed E-state index contributed by atoms with van der Waals surface area (Å²) in [5.41, 5.74) is 1.82. The van der Waals surface area contributed by atoms with Crippen molar-refractivity contribution in [3.8, 4) is 11.5 Å². The van der Waals surface area contributed by atoms with Crippen molar-refractivity contribution in [3.63, 3.8) is 0 Å². The zero-order valence-corrected chi connectivity index (χ0v) is 14.1. The summed E-state index contributed by atoms with van der Waals surface area (Å²) in [6.45, 7) is 1.15. The van der Waals surface area contributed by atoms with E-state index in [2.05, 4.69) is 11.9 Å². The fourth-order valence-electron chi connectivity index (χ4n) is 4.86. The third kappa shape index (κ3) is 2.40. The topological polar surface area (TPSA) is 71.4 Å². The average molecular weight is 335 g/mol. The van der Waals surface area contributed by atoms with E-state index in [1.54, 1.807) is 7.11 Å². The Bertz CT molecular complexity index is 622. The number of hydrogen-bond acceptors (Lipinski definition) is 6. The summed E-state index contributed by atoms with van der Waals surface area (Å²) in [6.07, 6.45) is 1.06. The van der Waals surface area contributed by atoms with Crippen LogP contribution in [0.2, 0.25) is 0 Å². The molecule has 0 radical (unpaired) electrons. The minimum atomic E-state index is -0.496. The molecule has 0 bridgehead atoms. The first-order chi connectivity index (χ1) is 11.6. The molecule has 1 aromatic carbocycles. The van der Waals surface area contributed by atoms with Gasteiger partial charge in [-0.1, -0.05) is 0 Å². The zero-order valence-electron chi connectivity index (χ0n) is 14.1. The van der Waals surface area contributed by atoms with Gasteiger partial charge in [0.25, 0.3) is 0 Å². The first-order valence-corrected chi connectivity index (χ1v) is 8.58. The number of nitrogens with zero attached hydrogens (tertiary/aromatic N) is 1. The first-order valence-electron chi connectivity index (χ1n) is 8.58. The highest BCUT2D eigenvalue weighted by molar-refractivity contribution is 5.50. The Morgan fingerprint density at radius 1 is 1.29 bits per heavy atom. The van der Waals surface area contributed by atoms with E-state index in [0.29, 0.717) is 23.5 Å². The van der Waals surface area contributed by atoms with Gasteiger partial charge in [0.1, 0.15) is 0 Å². The van der Waals surface area contributed by atoms with Crippen LogP contribution in [0.1, 0.15) is 29.9 Å². The van der Waals surface area contributed by atoms with Crippen molar-refractivity contribution < 1.29 is 24.4 Å². The molecule has 2 aliphatic heterocycles. The highest BCUT2D eigenvalue weighted by atomic mass is 16.7. The number of likely N-dealkylation sites (tertiary alicyclic amines) is 1. The summed E-state index contributed by atoms with van der Waals surface area (Å²) < 4.78 is 16.7. The lowest BCUT2D eigenvalue weighted by Crippen LogP contribution is -2.51. The molecule has 1 saturated carbocycles. The Morgan fingerprint density at radius 2 is 2.04 bits per heavy atom. The van der Waals surface area contributed by atoms with Gasteiger partial charge in [0, 0.05) is 19.1 Å². The van der Waals surface area contributed by atoms with E-state index in [9.17, 15) is 10.2 Å². The third-order valence-electron chi connectivity index (χ3n) is 5.93. The Balaban J connectivity index is 1.82. The van der Waals surface area contributed by atoms with E-state index in [-0.39, 0.29) is 25.4 Å².